The summed E-state index contributed by atoms with van der Waals surface area (Å²) in [6.07, 6.45) is 1.60. The number of nitrogens with zero attached hydrogens (tertiary/aromatic N) is 1. The number of ether oxygens (including phenoxy) is 1. The zero-order valence-corrected chi connectivity index (χ0v) is 15.5. The van der Waals surface area contributed by atoms with Crippen molar-refractivity contribution in [3.8, 4) is 0 Å². The standard InChI is InChI=1S/C17H17NO5S2/c1-9(2)13(15(20)21)18-14(19)12(25-17(18)24)8-10-4-6-11(7-5-10)16(22)23-3/h4-9,13H,1-3H3,(H,20,21)/p-1/t13-/m1/s1. The first kappa shape index (κ1) is 19.1. The maximum absolute atomic E-state index is 12.6. The minimum absolute atomic E-state index is 0.185. The average molecular weight is 378 g/mol. The van der Waals surface area contributed by atoms with Crippen LogP contribution in [-0.2, 0) is 14.3 Å². The third kappa shape index (κ3) is 4.08. The second-order valence-corrected chi connectivity index (χ2v) is 7.35. The molecule has 0 aliphatic carbocycles. The topological polar surface area (TPSA) is 86.7 Å². The number of esters is 1. The smallest absolute Gasteiger partial charge is 0.337 e. The van der Waals surface area contributed by atoms with Crippen LogP contribution in [0.25, 0.3) is 6.08 Å². The molecule has 0 radical (unpaired) electrons. The van der Waals surface area contributed by atoms with Gasteiger partial charge in [-0.25, -0.2) is 4.79 Å². The van der Waals surface area contributed by atoms with Crippen LogP contribution in [0.3, 0.4) is 0 Å². The molecular weight excluding hydrogens is 362 g/mol. The van der Waals surface area contributed by atoms with Crippen molar-refractivity contribution in [3.63, 3.8) is 0 Å². The van der Waals surface area contributed by atoms with Gasteiger partial charge >= 0.3 is 5.97 Å². The van der Waals surface area contributed by atoms with Crippen LogP contribution in [0.15, 0.2) is 29.2 Å². The molecule has 1 aromatic rings. The maximum Gasteiger partial charge on any atom is 0.337 e. The number of amides is 1. The van der Waals surface area contributed by atoms with Gasteiger partial charge in [0.15, 0.2) is 0 Å². The molecule has 25 heavy (non-hydrogen) atoms. The Labute approximate surface area is 154 Å². The molecule has 8 heteroatoms. The van der Waals surface area contributed by atoms with E-state index in [0.717, 1.165) is 16.7 Å². The van der Waals surface area contributed by atoms with E-state index in [9.17, 15) is 19.5 Å². The Bertz CT molecular complexity index is 755. The lowest BCUT2D eigenvalue weighted by atomic mass is 10.0. The van der Waals surface area contributed by atoms with Gasteiger partial charge in [0.2, 0.25) is 0 Å². The lowest BCUT2D eigenvalue weighted by Crippen LogP contribution is -2.52. The van der Waals surface area contributed by atoms with Crippen LogP contribution in [0, 0.1) is 5.92 Å². The summed E-state index contributed by atoms with van der Waals surface area (Å²) in [6, 6.07) is 5.38. The summed E-state index contributed by atoms with van der Waals surface area (Å²) in [4.78, 5) is 36.8. The second-order valence-electron chi connectivity index (χ2n) is 5.67. The van der Waals surface area contributed by atoms with E-state index in [0.29, 0.717) is 16.0 Å². The Morgan fingerprint density at radius 1 is 1.28 bits per heavy atom. The lowest BCUT2D eigenvalue weighted by molar-refractivity contribution is -0.311. The molecule has 0 saturated carbocycles. The van der Waals surface area contributed by atoms with E-state index < -0.39 is 23.9 Å². The Hall–Kier alpha value is -2.19. The Morgan fingerprint density at radius 3 is 2.36 bits per heavy atom. The number of carboxylic acids is 1. The molecule has 0 bridgehead atoms. The van der Waals surface area contributed by atoms with E-state index >= 15 is 0 Å². The van der Waals surface area contributed by atoms with E-state index in [2.05, 4.69) is 4.74 Å². The maximum atomic E-state index is 12.6. The van der Waals surface area contributed by atoms with Gasteiger partial charge < -0.3 is 14.6 Å². The van der Waals surface area contributed by atoms with Gasteiger partial charge in [-0.15, -0.1) is 0 Å². The number of carbonyl (C=O) groups excluding carboxylic acids is 3. The van der Waals surface area contributed by atoms with Crippen LogP contribution < -0.4 is 5.11 Å². The number of benzene rings is 1. The van der Waals surface area contributed by atoms with Crippen LogP contribution in [-0.4, -0.2) is 40.2 Å². The Morgan fingerprint density at radius 2 is 1.88 bits per heavy atom. The van der Waals surface area contributed by atoms with E-state index in [1.54, 1.807) is 44.2 Å². The highest BCUT2D eigenvalue weighted by molar-refractivity contribution is 8.26. The molecule has 1 fully saturated rings. The zero-order chi connectivity index (χ0) is 18.7. The predicted molar refractivity (Wildman–Crippen MR) is 96.4 cm³/mol. The van der Waals surface area contributed by atoms with Crippen LogP contribution in [0.1, 0.15) is 29.8 Å². The fourth-order valence-electron chi connectivity index (χ4n) is 2.38. The van der Waals surface area contributed by atoms with Gasteiger partial charge in [-0.3, -0.25) is 9.69 Å². The quantitative estimate of drug-likeness (QED) is 0.435. The Kier molecular flexibility index (Phi) is 5.97. The Balaban J connectivity index is 2.28. The van der Waals surface area contributed by atoms with Gasteiger partial charge in [-0.2, -0.15) is 0 Å². The minimum Gasteiger partial charge on any atom is -0.548 e. The van der Waals surface area contributed by atoms with Gasteiger partial charge in [0.25, 0.3) is 5.91 Å². The monoisotopic (exact) mass is 378 g/mol. The third-order valence-corrected chi connectivity index (χ3v) is 4.93. The fraction of sp³-hybridized carbons (Fsp3) is 0.294. The molecule has 1 atom stereocenters. The fourth-order valence-corrected chi connectivity index (χ4v) is 3.71. The molecule has 1 aromatic carbocycles. The number of hydrogen-bond acceptors (Lipinski definition) is 7. The van der Waals surface area contributed by atoms with E-state index in [4.69, 9.17) is 12.2 Å². The number of thioether (sulfide) groups is 1. The minimum atomic E-state index is -1.34. The van der Waals surface area contributed by atoms with Gasteiger partial charge in [0.05, 0.1) is 29.6 Å². The first-order valence-electron chi connectivity index (χ1n) is 7.42. The summed E-state index contributed by atoms with van der Waals surface area (Å²) in [5.74, 6) is -2.59. The molecule has 1 heterocycles. The van der Waals surface area contributed by atoms with Crippen molar-refractivity contribution in [1.29, 1.82) is 0 Å². The number of carbonyl (C=O) groups is 3. The van der Waals surface area contributed by atoms with Crippen molar-refractivity contribution in [2.24, 2.45) is 5.92 Å². The predicted octanol–water partition coefficient (Wildman–Crippen LogP) is 1.45. The van der Waals surface area contributed by atoms with Crippen LogP contribution in [0.5, 0.6) is 0 Å². The number of rotatable bonds is 5. The molecule has 0 unspecified atom stereocenters. The number of methoxy groups -OCH3 is 1. The normalized spacial score (nSPS) is 17.3. The van der Waals surface area contributed by atoms with E-state index in [1.165, 1.54) is 7.11 Å². The molecule has 1 amide bonds. The molecule has 0 N–H and O–H groups in total. The van der Waals surface area contributed by atoms with Gasteiger partial charge in [-0.1, -0.05) is 50.0 Å². The largest absolute Gasteiger partial charge is 0.548 e. The van der Waals surface area contributed by atoms with Gasteiger partial charge in [0.1, 0.15) is 4.32 Å². The number of hydrogen-bond donors (Lipinski definition) is 0. The molecule has 1 aliphatic heterocycles. The van der Waals surface area contributed by atoms with Crippen molar-refractivity contribution in [2.75, 3.05) is 7.11 Å². The number of aliphatic carboxylic acids is 1. The lowest BCUT2D eigenvalue weighted by Gasteiger charge is -2.30. The van der Waals surface area contributed by atoms with Gasteiger partial charge in [-0.05, 0) is 29.7 Å². The summed E-state index contributed by atoms with van der Waals surface area (Å²) in [7, 11) is 1.30. The summed E-state index contributed by atoms with van der Waals surface area (Å²) >= 11 is 6.21. The van der Waals surface area contributed by atoms with Gasteiger partial charge in [0, 0.05) is 0 Å². The number of thiocarbonyl (C=S) groups is 1. The second kappa shape index (κ2) is 7.79. The molecule has 1 aliphatic rings. The molecule has 6 nitrogen and oxygen atoms in total. The molecule has 132 valence electrons. The third-order valence-electron chi connectivity index (χ3n) is 3.60. The molecule has 0 aromatic heterocycles. The van der Waals surface area contributed by atoms with Crippen LogP contribution >= 0.6 is 24.0 Å². The van der Waals surface area contributed by atoms with Crippen LogP contribution in [0.2, 0.25) is 0 Å². The van der Waals surface area contributed by atoms with E-state index in [1.807, 2.05) is 0 Å². The van der Waals surface area contributed by atoms with Crippen molar-refractivity contribution in [1.82, 2.24) is 4.90 Å². The zero-order valence-electron chi connectivity index (χ0n) is 13.8. The van der Waals surface area contributed by atoms with Crippen molar-refractivity contribution in [3.05, 3.63) is 40.3 Å². The first-order valence-corrected chi connectivity index (χ1v) is 8.65. The summed E-state index contributed by atoms with van der Waals surface area (Å²) < 4.78 is 4.81. The van der Waals surface area contributed by atoms with Crippen molar-refractivity contribution < 1.29 is 24.2 Å². The average Bonchev–Trinajstić information content (AvgIpc) is 2.82. The highest BCUT2D eigenvalue weighted by atomic mass is 32.2. The van der Waals surface area contributed by atoms with Crippen LogP contribution in [0.4, 0.5) is 0 Å². The first-order chi connectivity index (χ1) is 11.8. The summed E-state index contributed by atoms with van der Waals surface area (Å²) in [6.45, 7) is 3.38. The molecule has 0 spiro atoms. The van der Waals surface area contributed by atoms with Crippen molar-refractivity contribution in [2.45, 2.75) is 19.9 Å². The molecule has 1 saturated heterocycles. The molecular formula is C17H16NO5S2-. The highest BCUT2D eigenvalue weighted by Gasteiger charge is 2.38. The summed E-state index contributed by atoms with van der Waals surface area (Å²) in [5, 5.41) is 11.4. The summed E-state index contributed by atoms with van der Waals surface area (Å²) in [5.41, 5.74) is 1.08. The van der Waals surface area contributed by atoms with Crippen molar-refractivity contribution >= 4 is 52.2 Å². The number of carboxylic acid groups (broad SMARTS) is 1. The van der Waals surface area contributed by atoms with E-state index in [-0.39, 0.29) is 10.2 Å². The highest BCUT2D eigenvalue weighted by Crippen LogP contribution is 2.35. The SMILES string of the molecule is COC(=O)c1ccc(C=C2SC(=S)N([C@@H](C(=O)[O-])C(C)C)C2=O)cc1. The molecule has 2 rings (SSSR count).